The summed E-state index contributed by atoms with van der Waals surface area (Å²) in [5.41, 5.74) is 0. The number of hydrogen-bond donors (Lipinski definition) is 0. The Balaban J connectivity index is 2.03. The van der Waals surface area contributed by atoms with Gasteiger partial charge in [-0.1, -0.05) is 0 Å². The van der Waals surface area contributed by atoms with E-state index in [1.54, 1.807) is 21.3 Å². The zero-order valence-electron chi connectivity index (χ0n) is 17.9. The first-order valence-corrected chi connectivity index (χ1v) is 14.9. The minimum atomic E-state index is -2.69. The summed E-state index contributed by atoms with van der Waals surface area (Å²) in [6, 6.07) is 24.8. The Morgan fingerprint density at radius 3 is 1.13 bits per heavy atom. The van der Waals surface area contributed by atoms with E-state index in [1.165, 1.54) is 9.81 Å². The first-order chi connectivity index (χ1) is 15.2. The zero-order chi connectivity index (χ0) is 21.9. The van der Waals surface area contributed by atoms with Gasteiger partial charge in [0.25, 0.3) is 0 Å². The van der Waals surface area contributed by atoms with Crippen LogP contribution in [0.3, 0.4) is 0 Å². The average molecular weight is 620 g/mol. The van der Waals surface area contributed by atoms with Gasteiger partial charge in [-0.2, -0.15) is 0 Å². The maximum absolute atomic E-state index is 5.70. The molecule has 0 N–H and O–H groups in total. The summed E-state index contributed by atoms with van der Waals surface area (Å²) < 4.78 is 36.1. The van der Waals surface area contributed by atoms with Crippen molar-refractivity contribution in [1.29, 1.82) is 0 Å². The topological polar surface area (TPSA) is 55.4 Å². The van der Waals surface area contributed by atoms with Crippen LogP contribution in [0.5, 0.6) is 17.2 Å². The third-order valence-electron chi connectivity index (χ3n) is 4.26. The molecule has 0 spiro atoms. The molecule has 0 saturated heterocycles. The molecular weight excluding hydrogens is 593 g/mol. The van der Waals surface area contributed by atoms with Gasteiger partial charge < -0.3 is 0 Å². The fourth-order valence-corrected chi connectivity index (χ4v) is 12.2. The van der Waals surface area contributed by atoms with Crippen LogP contribution in [-0.2, 0) is 14.2 Å². The molecule has 0 bridgehead atoms. The predicted molar refractivity (Wildman–Crippen MR) is 121 cm³/mol. The summed E-state index contributed by atoms with van der Waals surface area (Å²) in [7, 11) is 4.84. The van der Waals surface area contributed by atoms with Crippen LogP contribution < -0.4 is 24.0 Å². The maximum atomic E-state index is 5.70. The Morgan fingerprint density at radius 1 is 0.516 bits per heavy atom. The van der Waals surface area contributed by atoms with Gasteiger partial charge in [0.05, 0.1) is 0 Å². The zero-order valence-corrected chi connectivity index (χ0v) is 21.4. The van der Waals surface area contributed by atoms with E-state index in [9.17, 15) is 0 Å². The molecule has 6 nitrogen and oxygen atoms in total. The molecule has 3 aromatic carbocycles. The van der Waals surface area contributed by atoms with Crippen molar-refractivity contribution < 1.29 is 28.4 Å². The van der Waals surface area contributed by atoms with Gasteiger partial charge in [-0.15, -0.1) is 0 Å². The van der Waals surface area contributed by atoms with Crippen LogP contribution in [0.15, 0.2) is 72.8 Å². The van der Waals surface area contributed by atoms with E-state index in [2.05, 4.69) is 36.4 Å². The van der Waals surface area contributed by atoms with Crippen molar-refractivity contribution in [1.82, 2.24) is 0 Å². The molecule has 0 saturated carbocycles. The second-order valence-corrected chi connectivity index (χ2v) is 15.1. The average Bonchev–Trinajstić information content (AvgIpc) is 2.81. The Hall–Kier alpha value is -2.18. The molecular formula is C24H27BiO6. The molecule has 0 aromatic heterocycles. The fourth-order valence-electron chi connectivity index (χ4n) is 2.97. The molecule has 0 radical (unpaired) electrons. The van der Waals surface area contributed by atoms with E-state index in [0.29, 0.717) is 0 Å². The second-order valence-electron chi connectivity index (χ2n) is 6.48. The third-order valence-corrected chi connectivity index (χ3v) is 13.5. The Labute approximate surface area is 191 Å². The number of hydrogen-bond acceptors (Lipinski definition) is 6. The standard InChI is InChI=1S/3C8H9O2.Bi/c3*1-9-7-10-8-5-3-2-4-6-8;/h3*2-3,5-6H,7H2,1H3;. The first kappa shape index (κ1) is 23.5. The molecule has 31 heavy (non-hydrogen) atoms. The summed E-state index contributed by atoms with van der Waals surface area (Å²) >= 11 is -2.69. The molecule has 0 fully saturated rings. The van der Waals surface area contributed by atoms with Gasteiger partial charge in [-0.05, 0) is 0 Å². The monoisotopic (exact) mass is 620 g/mol. The van der Waals surface area contributed by atoms with Crippen LogP contribution in [0.2, 0.25) is 0 Å². The summed E-state index contributed by atoms with van der Waals surface area (Å²) in [5.74, 6) is 2.37. The molecule has 0 amide bonds. The number of ether oxygens (including phenoxy) is 6. The van der Waals surface area contributed by atoms with Crippen LogP contribution in [0.25, 0.3) is 0 Å². The van der Waals surface area contributed by atoms with Crippen molar-refractivity contribution in [3.8, 4) is 17.2 Å². The van der Waals surface area contributed by atoms with Crippen LogP contribution in [-0.4, -0.2) is 63.5 Å². The van der Waals surface area contributed by atoms with Crippen LogP contribution in [0, 0.1) is 0 Å². The van der Waals surface area contributed by atoms with Crippen molar-refractivity contribution in [2.24, 2.45) is 0 Å². The Bertz CT molecular complexity index is 826. The van der Waals surface area contributed by atoms with E-state index < -0.39 is 21.8 Å². The van der Waals surface area contributed by atoms with E-state index in [1.807, 2.05) is 36.4 Å². The summed E-state index contributed by atoms with van der Waals surface area (Å²) in [6.45, 7) is 0.636. The van der Waals surface area contributed by atoms with E-state index in [0.717, 1.165) is 17.2 Å². The van der Waals surface area contributed by atoms with Gasteiger partial charge in [0, 0.05) is 0 Å². The van der Waals surface area contributed by atoms with E-state index >= 15 is 0 Å². The van der Waals surface area contributed by atoms with Crippen molar-refractivity contribution in [3.63, 3.8) is 0 Å². The molecule has 3 aromatic rings. The van der Waals surface area contributed by atoms with E-state index in [-0.39, 0.29) is 20.4 Å². The second kappa shape index (κ2) is 12.6. The van der Waals surface area contributed by atoms with Gasteiger partial charge in [0.15, 0.2) is 0 Å². The molecule has 164 valence electrons. The van der Waals surface area contributed by atoms with Crippen LogP contribution >= 0.6 is 0 Å². The number of methoxy groups -OCH3 is 3. The molecule has 3 rings (SSSR count). The van der Waals surface area contributed by atoms with Crippen molar-refractivity contribution in [2.45, 2.75) is 0 Å². The molecule has 0 aliphatic heterocycles. The van der Waals surface area contributed by atoms with Crippen molar-refractivity contribution >= 4 is 31.6 Å². The van der Waals surface area contributed by atoms with Crippen molar-refractivity contribution in [2.75, 3.05) is 41.7 Å². The number of benzene rings is 3. The quantitative estimate of drug-likeness (QED) is 0.229. The molecule has 0 aliphatic carbocycles. The number of rotatable bonds is 12. The summed E-state index contributed by atoms with van der Waals surface area (Å²) in [5, 5.41) is 0. The molecule has 0 atom stereocenters. The van der Waals surface area contributed by atoms with Crippen LogP contribution in [0.4, 0.5) is 0 Å². The van der Waals surface area contributed by atoms with E-state index in [4.69, 9.17) is 28.4 Å². The van der Waals surface area contributed by atoms with Gasteiger partial charge in [-0.25, -0.2) is 0 Å². The van der Waals surface area contributed by atoms with Gasteiger partial charge in [-0.3, -0.25) is 0 Å². The third kappa shape index (κ3) is 6.91. The normalized spacial score (nSPS) is 10.8. The van der Waals surface area contributed by atoms with Crippen LogP contribution in [0.1, 0.15) is 0 Å². The fraction of sp³-hybridized carbons (Fsp3) is 0.250. The van der Waals surface area contributed by atoms with Gasteiger partial charge in [0.1, 0.15) is 0 Å². The predicted octanol–water partition coefficient (Wildman–Crippen LogP) is 2.15. The minimum absolute atomic E-state index is 0.212. The van der Waals surface area contributed by atoms with Gasteiger partial charge >= 0.3 is 192 Å². The first-order valence-electron chi connectivity index (χ1n) is 9.70. The Morgan fingerprint density at radius 2 is 0.839 bits per heavy atom. The SMILES string of the molecule is COCOc1ccc[c]([Bi]([c]2cccc(OCOC)c2)[c]2cccc(OCOC)c2)c1. The summed E-state index contributed by atoms with van der Waals surface area (Å²) in [6.07, 6.45) is 0. The molecule has 0 heterocycles. The summed E-state index contributed by atoms with van der Waals surface area (Å²) in [4.78, 5) is 0. The van der Waals surface area contributed by atoms with Crippen molar-refractivity contribution in [3.05, 3.63) is 72.8 Å². The Kier molecular flexibility index (Phi) is 9.56. The molecule has 0 aliphatic rings. The van der Waals surface area contributed by atoms with Gasteiger partial charge in [0.2, 0.25) is 0 Å². The molecule has 0 unspecified atom stereocenters. The molecule has 7 heteroatoms.